The Bertz CT molecular complexity index is 3240. The smallest absolute Gasteiger partial charge is 0.243 e. The number of β-amino-alcohol motifs (C(OH)–C–C–N with tert-alkyl or cyclic N) is 1. The van der Waals surface area contributed by atoms with Crippen LogP contribution in [0.4, 0.5) is 16.2 Å². The number of phenols is 1. The summed E-state index contributed by atoms with van der Waals surface area (Å²) in [5.41, 5.74) is 5.70. The molecule has 0 bridgehead atoms. The monoisotopic (exact) mass is 1040 g/mol. The number of anilines is 2. The van der Waals surface area contributed by atoms with E-state index in [1.54, 1.807) is 53.3 Å². The quantitative estimate of drug-likeness (QED) is 0.0724. The van der Waals surface area contributed by atoms with E-state index >= 15 is 4.39 Å². The van der Waals surface area contributed by atoms with Gasteiger partial charge in [0.15, 0.2) is 5.82 Å². The number of piperazine rings is 1. The average molecular weight is 1050 g/mol. The van der Waals surface area contributed by atoms with Gasteiger partial charge in [-0.1, -0.05) is 65.3 Å². The zero-order valence-corrected chi connectivity index (χ0v) is 43.3. The molecule has 74 heavy (non-hydrogen) atoms. The first-order chi connectivity index (χ1) is 35.5. The number of aliphatic hydroxyl groups excluding tert-OH is 1. The molecule has 4 N–H and O–H groups in total. The van der Waals surface area contributed by atoms with Gasteiger partial charge in [0.1, 0.15) is 28.9 Å². The Morgan fingerprint density at radius 2 is 1.76 bits per heavy atom. The number of fused-ring (bicyclic) bond motifs is 2. The molecular weight excluding hydrogens is 987 g/mol. The van der Waals surface area contributed by atoms with E-state index in [2.05, 4.69) is 25.8 Å². The number of aliphatic hydroxyl groups is 1. The molecule has 9 rings (SSSR count). The summed E-state index contributed by atoms with van der Waals surface area (Å²) >= 11 is 8.47. The zero-order chi connectivity index (χ0) is 52.4. The van der Waals surface area contributed by atoms with E-state index in [0.717, 1.165) is 21.7 Å². The lowest BCUT2D eigenvalue weighted by Crippen LogP contribution is -2.48. The molecule has 17 nitrogen and oxygen atoms in total. The highest BCUT2D eigenvalue weighted by atomic mass is 35.5. The normalized spacial score (nSPS) is 16.7. The molecule has 4 atom stereocenters. The summed E-state index contributed by atoms with van der Waals surface area (Å²) in [6.45, 7) is 9.18. The number of hydrogen-bond donors (Lipinski definition) is 4. The van der Waals surface area contributed by atoms with Gasteiger partial charge >= 0.3 is 0 Å². The SMILES string of the molecule is CC(=O)N1CCN(c2nc(NCCC(=O)N(C)CCC[C@@H](C(=O)N3C[C@H](O)C[C@H]3C(=O)N[C@@H](C)c3ccc(-c4scnc4C)cc3)c3cc(C)no3)nc3c(F)c(-c4cc(O)cc5ccccc45)c(Cl)cc23)CC1. The fourth-order valence-corrected chi connectivity index (χ4v) is 11.1. The minimum absolute atomic E-state index is 0.0121. The molecular formula is C54H58ClFN10O7S. The lowest BCUT2D eigenvalue weighted by atomic mass is 9.96. The summed E-state index contributed by atoms with van der Waals surface area (Å²) in [5, 5.41) is 33.5. The standard InChI is InChI=1S/C54H58ClFN10O7S/c1-30-23-45(73-62-30)40(53(72)66-28-38(69)26-44(66)52(71)59-31(2)34-12-14-35(15-13-34)50-32(3)58-29-74-50)11-8-18-63(5)46(70)16-17-57-54-60-49-42(51(61-54)65-21-19-64(20-22-65)33(4)67)27-43(55)47(48(49)56)41-25-37(68)24-36-9-6-7-10-39(36)41/h6-7,9-10,12-15,23-25,27,29,31,38,40,44,68-69H,8,11,16-22,26,28H2,1-5H3,(H,59,71)(H,57,60,61)/t31-,38+,40+,44-/m0/s1. The number of amides is 4. The summed E-state index contributed by atoms with van der Waals surface area (Å²) in [7, 11) is 1.67. The number of benzene rings is 4. The Kier molecular flexibility index (Phi) is 15.4. The van der Waals surface area contributed by atoms with Crippen molar-refractivity contribution in [3.05, 3.63) is 112 Å². The predicted molar refractivity (Wildman–Crippen MR) is 283 cm³/mol. The van der Waals surface area contributed by atoms with Crippen LogP contribution in [0.5, 0.6) is 5.75 Å². The van der Waals surface area contributed by atoms with Crippen LogP contribution in [0.25, 0.3) is 43.2 Å². The molecule has 2 aliphatic rings. The first-order valence-corrected chi connectivity index (χ1v) is 25.9. The van der Waals surface area contributed by atoms with E-state index in [-0.39, 0.29) is 96.4 Å². The number of aryl methyl sites for hydroxylation is 2. The van der Waals surface area contributed by atoms with Gasteiger partial charge in [0.2, 0.25) is 29.6 Å². The van der Waals surface area contributed by atoms with Crippen LogP contribution in [0, 0.1) is 19.7 Å². The van der Waals surface area contributed by atoms with E-state index < -0.39 is 23.9 Å². The number of halogens is 2. The van der Waals surface area contributed by atoms with Crippen molar-refractivity contribution in [2.24, 2.45) is 0 Å². The summed E-state index contributed by atoms with van der Waals surface area (Å²) in [6.07, 6.45) is -0.159. The lowest BCUT2D eigenvalue weighted by Gasteiger charge is -2.35. The Morgan fingerprint density at radius 3 is 2.46 bits per heavy atom. The van der Waals surface area contributed by atoms with Crippen LogP contribution in [0.3, 0.4) is 0 Å². The van der Waals surface area contributed by atoms with Gasteiger partial charge in [0, 0.05) is 89.6 Å². The van der Waals surface area contributed by atoms with Gasteiger partial charge in [-0.25, -0.2) is 14.4 Å². The fraction of sp³-hybridized carbons (Fsp3) is 0.370. The van der Waals surface area contributed by atoms with E-state index in [0.29, 0.717) is 71.6 Å². The zero-order valence-electron chi connectivity index (χ0n) is 41.8. The Morgan fingerprint density at radius 1 is 1.00 bits per heavy atom. The number of likely N-dealkylation sites (tertiary alicyclic amines) is 1. The maximum Gasteiger partial charge on any atom is 0.243 e. The van der Waals surface area contributed by atoms with Gasteiger partial charge in [-0.3, -0.25) is 19.2 Å². The third kappa shape index (κ3) is 11.0. The molecule has 2 saturated heterocycles. The molecule has 4 aromatic carbocycles. The molecule has 2 fully saturated rings. The predicted octanol–water partition coefficient (Wildman–Crippen LogP) is 8.01. The number of aromatic hydroxyl groups is 1. The maximum atomic E-state index is 17.1. The van der Waals surface area contributed by atoms with Crippen molar-refractivity contribution in [1.29, 1.82) is 0 Å². The van der Waals surface area contributed by atoms with Crippen molar-refractivity contribution in [3.8, 4) is 27.3 Å². The van der Waals surface area contributed by atoms with Gasteiger partial charge in [0.05, 0.1) is 44.9 Å². The maximum absolute atomic E-state index is 17.1. The van der Waals surface area contributed by atoms with E-state index in [1.807, 2.05) is 72.8 Å². The summed E-state index contributed by atoms with van der Waals surface area (Å²) in [6, 6.07) is 20.3. The number of carbonyl (C=O) groups excluding carboxylic acids is 4. The first kappa shape index (κ1) is 51.7. The minimum Gasteiger partial charge on any atom is -0.508 e. The third-order valence-corrected chi connectivity index (χ3v) is 15.2. The number of nitrogens with zero attached hydrogens (tertiary/aromatic N) is 8. The lowest BCUT2D eigenvalue weighted by molar-refractivity contribution is -0.140. The molecule has 0 unspecified atom stereocenters. The van der Waals surface area contributed by atoms with Gasteiger partial charge < -0.3 is 45.0 Å². The van der Waals surface area contributed by atoms with Crippen LogP contribution < -0.4 is 15.5 Å². The van der Waals surface area contributed by atoms with E-state index in [1.165, 1.54) is 17.9 Å². The van der Waals surface area contributed by atoms with E-state index in [4.69, 9.17) is 21.1 Å². The first-order valence-electron chi connectivity index (χ1n) is 24.7. The molecule has 386 valence electrons. The summed E-state index contributed by atoms with van der Waals surface area (Å²) in [5.74, 6) is -1.80. The number of phenolic OH excluding ortho intramolecular Hbond substituents is 1. The molecule has 7 aromatic rings. The average Bonchev–Trinajstić information content (AvgIpc) is 4.14. The largest absolute Gasteiger partial charge is 0.508 e. The topological polar surface area (TPSA) is 210 Å². The second-order valence-electron chi connectivity index (χ2n) is 19.1. The van der Waals surface area contributed by atoms with Gasteiger partial charge in [-0.2, -0.15) is 4.98 Å². The van der Waals surface area contributed by atoms with Crippen molar-refractivity contribution in [2.45, 2.75) is 77.5 Å². The Hall–Kier alpha value is -7.22. The fourth-order valence-electron chi connectivity index (χ4n) is 9.95. The summed E-state index contributed by atoms with van der Waals surface area (Å²) in [4.78, 5) is 75.7. The highest BCUT2D eigenvalue weighted by molar-refractivity contribution is 7.13. The molecule has 0 spiro atoms. The molecule has 4 amide bonds. The van der Waals surface area contributed by atoms with E-state index in [9.17, 15) is 29.4 Å². The van der Waals surface area contributed by atoms with Crippen LogP contribution in [0.2, 0.25) is 5.02 Å². The van der Waals surface area contributed by atoms with Crippen molar-refractivity contribution < 1.29 is 38.3 Å². The second-order valence-corrected chi connectivity index (χ2v) is 20.4. The van der Waals surface area contributed by atoms with Gasteiger partial charge in [-0.15, -0.1) is 11.3 Å². The molecule has 3 aromatic heterocycles. The number of aromatic nitrogens is 4. The number of nitrogens with one attached hydrogen (secondary N) is 2. The van der Waals surface area contributed by atoms with Gasteiger partial charge in [-0.05, 0) is 79.3 Å². The van der Waals surface area contributed by atoms with Gasteiger partial charge in [0.25, 0.3) is 0 Å². The van der Waals surface area contributed by atoms with Crippen LogP contribution in [-0.4, -0.2) is 134 Å². The van der Waals surface area contributed by atoms with Crippen LogP contribution in [-0.2, 0) is 19.2 Å². The second kappa shape index (κ2) is 22.1. The van der Waals surface area contributed by atoms with Crippen LogP contribution >= 0.6 is 22.9 Å². The number of hydrogen-bond acceptors (Lipinski definition) is 14. The molecule has 20 heteroatoms. The summed E-state index contributed by atoms with van der Waals surface area (Å²) < 4.78 is 22.7. The Balaban J connectivity index is 0.862. The van der Waals surface area contributed by atoms with Crippen molar-refractivity contribution in [3.63, 3.8) is 0 Å². The molecule has 2 aliphatic heterocycles. The number of rotatable bonds is 16. The number of carbonyl (C=O) groups is 4. The van der Waals surface area contributed by atoms with Crippen LogP contribution in [0.1, 0.15) is 74.2 Å². The number of thiazole rings is 1. The molecule has 0 aliphatic carbocycles. The Labute approximate surface area is 436 Å². The highest BCUT2D eigenvalue weighted by Gasteiger charge is 2.42. The molecule has 5 heterocycles. The molecule has 0 saturated carbocycles. The van der Waals surface area contributed by atoms with Crippen molar-refractivity contribution >= 4 is 80.0 Å². The van der Waals surface area contributed by atoms with Crippen molar-refractivity contribution in [2.75, 3.05) is 63.1 Å². The third-order valence-electron chi connectivity index (χ3n) is 14.0. The van der Waals surface area contributed by atoms with Crippen molar-refractivity contribution in [1.82, 2.24) is 40.1 Å². The highest BCUT2D eigenvalue weighted by Crippen LogP contribution is 2.42. The minimum atomic E-state index is -0.919. The molecule has 0 radical (unpaired) electrons. The van der Waals surface area contributed by atoms with Crippen LogP contribution in [0.15, 0.2) is 82.8 Å².